The molecule has 0 bridgehead atoms. The highest BCUT2D eigenvalue weighted by Gasteiger charge is 2.36. The number of amides is 1. The van der Waals surface area contributed by atoms with Gasteiger partial charge in [-0.3, -0.25) is 4.79 Å². The molecule has 4 heteroatoms. The molecule has 2 N–H and O–H groups in total. The van der Waals surface area contributed by atoms with Gasteiger partial charge in [0.1, 0.15) is 5.60 Å². The molecule has 1 rings (SSSR count). The van der Waals surface area contributed by atoms with Gasteiger partial charge in [0.2, 0.25) is 0 Å². The van der Waals surface area contributed by atoms with E-state index in [-0.39, 0.29) is 5.91 Å². The van der Waals surface area contributed by atoms with E-state index in [9.17, 15) is 4.79 Å². The van der Waals surface area contributed by atoms with E-state index in [1.807, 2.05) is 18.7 Å². The van der Waals surface area contributed by atoms with Crippen molar-refractivity contribution in [3.63, 3.8) is 0 Å². The Balaban J connectivity index is 2.73. The van der Waals surface area contributed by atoms with Crippen molar-refractivity contribution in [1.29, 1.82) is 0 Å². The Morgan fingerprint density at radius 1 is 1.33 bits per heavy atom. The van der Waals surface area contributed by atoms with Crippen LogP contribution in [0.25, 0.3) is 0 Å². The van der Waals surface area contributed by atoms with Crippen molar-refractivity contribution in [3.05, 3.63) is 0 Å². The molecule has 1 aliphatic carbocycles. The van der Waals surface area contributed by atoms with Crippen LogP contribution in [0.1, 0.15) is 52.9 Å². The third kappa shape index (κ3) is 3.69. The van der Waals surface area contributed by atoms with Crippen LogP contribution in [0.2, 0.25) is 0 Å². The molecule has 106 valence electrons. The highest BCUT2D eigenvalue weighted by Crippen LogP contribution is 2.25. The first-order valence-corrected chi connectivity index (χ1v) is 7.04. The fourth-order valence-corrected chi connectivity index (χ4v) is 2.54. The SMILES string of the molecule is CCCN(C(=O)C(C)(C)OC)C1CCC(N)CC1. The molecule has 0 aromatic carbocycles. The van der Waals surface area contributed by atoms with E-state index in [1.54, 1.807) is 7.11 Å². The van der Waals surface area contributed by atoms with E-state index >= 15 is 0 Å². The zero-order valence-corrected chi connectivity index (χ0v) is 12.2. The van der Waals surface area contributed by atoms with E-state index in [0.717, 1.165) is 38.6 Å². The van der Waals surface area contributed by atoms with Crippen LogP contribution in [0.15, 0.2) is 0 Å². The predicted molar refractivity (Wildman–Crippen MR) is 73.3 cm³/mol. The third-order valence-electron chi connectivity index (χ3n) is 3.93. The van der Waals surface area contributed by atoms with Gasteiger partial charge in [-0.05, 0) is 46.0 Å². The minimum atomic E-state index is -0.727. The summed E-state index contributed by atoms with van der Waals surface area (Å²) in [5.41, 5.74) is 5.20. The van der Waals surface area contributed by atoms with Crippen LogP contribution in [0.4, 0.5) is 0 Å². The summed E-state index contributed by atoms with van der Waals surface area (Å²) in [6, 6.07) is 0.655. The third-order valence-corrected chi connectivity index (χ3v) is 3.93. The van der Waals surface area contributed by atoms with E-state index in [0.29, 0.717) is 12.1 Å². The van der Waals surface area contributed by atoms with Gasteiger partial charge in [-0.2, -0.15) is 0 Å². The maximum atomic E-state index is 12.5. The molecule has 0 aromatic heterocycles. The summed E-state index contributed by atoms with van der Waals surface area (Å²) in [5.74, 6) is 0.104. The fraction of sp³-hybridized carbons (Fsp3) is 0.929. The van der Waals surface area contributed by atoms with Crippen molar-refractivity contribution in [3.8, 4) is 0 Å². The van der Waals surface area contributed by atoms with E-state index in [2.05, 4.69) is 6.92 Å². The van der Waals surface area contributed by atoms with E-state index in [1.165, 1.54) is 0 Å². The molecular formula is C14H28N2O2. The summed E-state index contributed by atoms with van der Waals surface area (Å²) in [5, 5.41) is 0. The van der Waals surface area contributed by atoms with Gasteiger partial charge in [0.05, 0.1) is 0 Å². The topological polar surface area (TPSA) is 55.6 Å². The van der Waals surface area contributed by atoms with Gasteiger partial charge in [0.25, 0.3) is 5.91 Å². The Labute approximate surface area is 111 Å². The van der Waals surface area contributed by atoms with Crippen molar-refractivity contribution in [2.75, 3.05) is 13.7 Å². The van der Waals surface area contributed by atoms with Crippen molar-refractivity contribution >= 4 is 5.91 Å². The molecule has 0 heterocycles. The van der Waals surface area contributed by atoms with Gasteiger partial charge in [-0.15, -0.1) is 0 Å². The minimum absolute atomic E-state index is 0.104. The zero-order chi connectivity index (χ0) is 13.8. The number of methoxy groups -OCH3 is 1. The Hall–Kier alpha value is -0.610. The lowest BCUT2D eigenvalue weighted by atomic mass is 9.89. The number of ether oxygens (including phenoxy) is 1. The molecule has 0 spiro atoms. The number of nitrogens with two attached hydrogens (primary N) is 1. The Morgan fingerprint density at radius 3 is 2.33 bits per heavy atom. The summed E-state index contributed by atoms with van der Waals surface area (Å²) in [7, 11) is 1.60. The lowest BCUT2D eigenvalue weighted by molar-refractivity contribution is -0.154. The smallest absolute Gasteiger partial charge is 0.254 e. The molecule has 18 heavy (non-hydrogen) atoms. The summed E-state index contributed by atoms with van der Waals surface area (Å²) in [4.78, 5) is 14.5. The molecule has 0 unspecified atom stereocenters. The van der Waals surface area contributed by atoms with Crippen LogP contribution in [0.5, 0.6) is 0 Å². The van der Waals surface area contributed by atoms with Crippen molar-refractivity contribution in [2.24, 2.45) is 5.73 Å². The van der Waals surface area contributed by atoms with Gasteiger partial charge in [-0.25, -0.2) is 0 Å². The zero-order valence-electron chi connectivity index (χ0n) is 12.2. The number of carbonyl (C=O) groups is 1. The van der Waals surface area contributed by atoms with Crippen molar-refractivity contribution < 1.29 is 9.53 Å². The summed E-state index contributed by atoms with van der Waals surface area (Å²) in [6.07, 6.45) is 5.06. The normalized spacial score (nSPS) is 24.9. The number of hydrogen-bond acceptors (Lipinski definition) is 3. The van der Waals surface area contributed by atoms with Gasteiger partial charge in [-0.1, -0.05) is 6.92 Å². The first-order chi connectivity index (χ1) is 8.42. The number of carbonyl (C=O) groups excluding carboxylic acids is 1. The van der Waals surface area contributed by atoms with Gasteiger partial charge < -0.3 is 15.4 Å². The predicted octanol–water partition coefficient (Wildman–Crippen LogP) is 1.92. The summed E-state index contributed by atoms with van der Waals surface area (Å²) >= 11 is 0. The van der Waals surface area contributed by atoms with Crippen molar-refractivity contribution in [1.82, 2.24) is 4.90 Å². The number of rotatable bonds is 5. The largest absolute Gasteiger partial charge is 0.369 e. The molecule has 1 fully saturated rings. The van der Waals surface area contributed by atoms with Crippen molar-refractivity contribution in [2.45, 2.75) is 70.6 Å². The van der Waals surface area contributed by atoms with E-state index in [4.69, 9.17) is 10.5 Å². The molecule has 0 aromatic rings. The second-order valence-electron chi connectivity index (χ2n) is 5.78. The minimum Gasteiger partial charge on any atom is -0.369 e. The maximum absolute atomic E-state index is 12.5. The summed E-state index contributed by atoms with van der Waals surface area (Å²) in [6.45, 7) is 6.60. The first-order valence-electron chi connectivity index (χ1n) is 7.04. The highest BCUT2D eigenvalue weighted by atomic mass is 16.5. The number of nitrogens with zero attached hydrogens (tertiary/aromatic N) is 1. The van der Waals surface area contributed by atoms with Gasteiger partial charge in [0, 0.05) is 25.7 Å². The van der Waals surface area contributed by atoms with E-state index < -0.39 is 5.60 Å². The molecule has 1 amide bonds. The molecule has 0 radical (unpaired) electrons. The second-order valence-corrected chi connectivity index (χ2v) is 5.78. The summed E-state index contributed by atoms with van der Waals surface area (Å²) < 4.78 is 5.32. The molecule has 0 aliphatic heterocycles. The first kappa shape index (κ1) is 15.4. The van der Waals surface area contributed by atoms with Crippen LogP contribution in [-0.4, -0.2) is 42.1 Å². The quantitative estimate of drug-likeness (QED) is 0.817. The Morgan fingerprint density at radius 2 is 1.89 bits per heavy atom. The molecule has 1 aliphatic rings. The highest BCUT2D eigenvalue weighted by molar-refractivity contribution is 5.84. The molecule has 4 nitrogen and oxygen atoms in total. The average Bonchev–Trinajstić information content (AvgIpc) is 2.36. The van der Waals surface area contributed by atoms with Crippen LogP contribution in [0.3, 0.4) is 0 Å². The van der Waals surface area contributed by atoms with Gasteiger partial charge >= 0.3 is 0 Å². The second kappa shape index (κ2) is 6.53. The average molecular weight is 256 g/mol. The van der Waals surface area contributed by atoms with Gasteiger partial charge in [0.15, 0.2) is 0 Å². The van der Waals surface area contributed by atoms with Crippen LogP contribution in [-0.2, 0) is 9.53 Å². The molecule has 0 atom stereocenters. The monoisotopic (exact) mass is 256 g/mol. The molecule has 0 saturated heterocycles. The standard InChI is InChI=1S/C14H28N2O2/c1-5-10-16(13(17)14(2,3)18-4)12-8-6-11(15)7-9-12/h11-12H,5-10,15H2,1-4H3. The molecular weight excluding hydrogens is 228 g/mol. The lowest BCUT2D eigenvalue weighted by Gasteiger charge is -2.39. The maximum Gasteiger partial charge on any atom is 0.254 e. The Kier molecular flexibility index (Phi) is 5.60. The van der Waals surface area contributed by atoms with Crippen LogP contribution >= 0.6 is 0 Å². The number of hydrogen-bond donors (Lipinski definition) is 1. The fourth-order valence-electron chi connectivity index (χ4n) is 2.54. The lowest BCUT2D eigenvalue weighted by Crippen LogP contribution is -2.52. The van der Waals surface area contributed by atoms with Crippen LogP contribution in [0, 0.1) is 0 Å². The Bertz CT molecular complexity index is 271. The van der Waals surface area contributed by atoms with Crippen LogP contribution < -0.4 is 5.73 Å². The molecule has 1 saturated carbocycles.